The summed E-state index contributed by atoms with van der Waals surface area (Å²) in [4.78, 5) is 12.1. The number of anilines is 1. The second-order valence-corrected chi connectivity index (χ2v) is 5.66. The zero-order valence-electron chi connectivity index (χ0n) is 13.3. The summed E-state index contributed by atoms with van der Waals surface area (Å²) in [7, 11) is 0. The Balaban J connectivity index is 2.02. The van der Waals surface area contributed by atoms with Gasteiger partial charge in [0.2, 0.25) is 0 Å². The first-order chi connectivity index (χ1) is 11.5. The molecule has 0 aliphatic rings. The van der Waals surface area contributed by atoms with Crippen molar-refractivity contribution in [2.75, 3.05) is 18.5 Å². The number of ether oxygens (including phenoxy) is 2. The van der Waals surface area contributed by atoms with Gasteiger partial charge in [-0.1, -0.05) is 21.1 Å². The summed E-state index contributed by atoms with van der Waals surface area (Å²) in [6, 6.07) is 4.35. The van der Waals surface area contributed by atoms with Crippen LogP contribution in [0.15, 0.2) is 28.9 Å². The van der Waals surface area contributed by atoms with E-state index in [4.69, 9.17) is 9.47 Å². The number of hydrogen-bond acceptors (Lipinski definition) is 5. The summed E-state index contributed by atoms with van der Waals surface area (Å²) in [5.41, 5.74) is 0.142. The summed E-state index contributed by atoms with van der Waals surface area (Å²) >= 11 is 3.16. The van der Waals surface area contributed by atoms with Crippen LogP contribution in [0.1, 0.15) is 24.3 Å². The topological polar surface area (TPSA) is 78.3 Å². The Bertz CT molecular complexity index is 689. The molecule has 0 fully saturated rings. The second-order valence-electron chi connectivity index (χ2n) is 4.74. The predicted octanol–water partition coefficient (Wildman–Crippen LogP) is 2.83. The Morgan fingerprint density at radius 3 is 2.71 bits per heavy atom. The highest BCUT2D eigenvalue weighted by Crippen LogP contribution is 2.19. The van der Waals surface area contributed by atoms with E-state index in [0.29, 0.717) is 24.2 Å². The maximum Gasteiger partial charge on any atom is 0.277 e. The van der Waals surface area contributed by atoms with E-state index < -0.39 is 18.0 Å². The zero-order valence-corrected chi connectivity index (χ0v) is 14.9. The standard InChI is InChI=1S/C15H18BrFN4O3/c1-3-23-14(24-4-2)9-21-8-13(19-20-21)15(22)18-12-6-5-10(16)7-11(12)17/h5-8,14H,3-4,9H2,1-2H3,(H,18,22). The van der Waals surface area contributed by atoms with Crippen LogP contribution in [0.5, 0.6) is 0 Å². The number of rotatable bonds is 8. The fourth-order valence-corrected chi connectivity index (χ4v) is 2.28. The molecule has 2 rings (SSSR count). The van der Waals surface area contributed by atoms with E-state index in [-0.39, 0.29) is 11.4 Å². The number of nitrogens with one attached hydrogen (secondary N) is 1. The number of amides is 1. The van der Waals surface area contributed by atoms with Crippen molar-refractivity contribution in [1.29, 1.82) is 0 Å². The Morgan fingerprint density at radius 2 is 2.08 bits per heavy atom. The van der Waals surface area contributed by atoms with Crippen LogP contribution in [0, 0.1) is 5.82 Å². The van der Waals surface area contributed by atoms with Crippen LogP contribution in [0.3, 0.4) is 0 Å². The van der Waals surface area contributed by atoms with Gasteiger partial charge in [-0.3, -0.25) is 4.79 Å². The number of nitrogens with zero attached hydrogens (tertiary/aromatic N) is 3. The molecule has 0 aliphatic heterocycles. The number of carbonyl (C=O) groups excluding carboxylic acids is 1. The number of hydrogen-bond donors (Lipinski definition) is 1. The molecule has 24 heavy (non-hydrogen) atoms. The zero-order chi connectivity index (χ0) is 17.5. The van der Waals surface area contributed by atoms with E-state index in [1.54, 1.807) is 6.07 Å². The Kier molecular flexibility index (Phi) is 6.83. The van der Waals surface area contributed by atoms with Crippen molar-refractivity contribution in [1.82, 2.24) is 15.0 Å². The fraction of sp³-hybridized carbons (Fsp3) is 0.400. The van der Waals surface area contributed by atoms with Crippen LogP contribution >= 0.6 is 15.9 Å². The summed E-state index contributed by atoms with van der Waals surface area (Å²) < 4.78 is 26.6. The number of benzene rings is 1. The highest BCUT2D eigenvalue weighted by molar-refractivity contribution is 9.10. The maximum atomic E-state index is 13.8. The molecular weight excluding hydrogens is 383 g/mol. The molecule has 7 nitrogen and oxygen atoms in total. The molecule has 1 amide bonds. The van der Waals surface area contributed by atoms with Gasteiger partial charge in [-0.15, -0.1) is 5.10 Å². The van der Waals surface area contributed by atoms with Gasteiger partial charge in [-0.2, -0.15) is 0 Å². The van der Waals surface area contributed by atoms with Crippen LogP contribution in [-0.4, -0.2) is 40.4 Å². The SMILES string of the molecule is CCOC(Cn1cc(C(=O)Nc2ccc(Br)cc2F)nn1)OCC. The van der Waals surface area contributed by atoms with Crippen molar-refractivity contribution < 1.29 is 18.7 Å². The first kappa shape index (κ1) is 18.5. The first-order valence-electron chi connectivity index (χ1n) is 7.43. The van der Waals surface area contributed by atoms with E-state index in [9.17, 15) is 9.18 Å². The Labute approximate surface area is 147 Å². The number of carbonyl (C=O) groups is 1. The maximum absolute atomic E-state index is 13.8. The molecular formula is C15H18BrFN4O3. The Hall–Kier alpha value is -1.84. The third-order valence-electron chi connectivity index (χ3n) is 2.99. The molecule has 0 saturated heterocycles. The average molecular weight is 401 g/mol. The van der Waals surface area contributed by atoms with Gasteiger partial charge in [-0.25, -0.2) is 9.07 Å². The van der Waals surface area contributed by atoms with E-state index >= 15 is 0 Å². The van der Waals surface area contributed by atoms with E-state index in [1.165, 1.54) is 23.0 Å². The molecule has 1 aromatic carbocycles. The van der Waals surface area contributed by atoms with Crippen molar-refractivity contribution >= 4 is 27.5 Å². The van der Waals surface area contributed by atoms with Crippen molar-refractivity contribution in [3.63, 3.8) is 0 Å². The summed E-state index contributed by atoms with van der Waals surface area (Å²) in [5.74, 6) is -1.09. The van der Waals surface area contributed by atoms with Gasteiger partial charge in [-0.05, 0) is 32.0 Å². The van der Waals surface area contributed by atoms with E-state index in [2.05, 4.69) is 31.6 Å². The lowest BCUT2D eigenvalue weighted by molar-refractivity contribution is -0.145. The molecule has 0 aliphatic carbocycles. The van der Waals surface area contributed by atoms with Gasteiger partial charge in [0.1, 0.15) is 5.82 Å². The van der Waals surface area contributed by atoms with Crippen LogP contribution in [0.2, 0.25) is 0 Å². The lowest BCUT2D eigenvalue weighted by atomic mass is 10.3. The molecule has 9 heteroatoms. The minimum Gasteiger partial charge on any atom is -0.351 e. The lowest BCUT2D eigenvalue weighted by Crippen LogP contribution is -2.24. The molecule has 1 aromatic heterocycles. The van der Waals surface area contributed by atoms with Gasteiger partial charge in [0.25, 0.3) is 5.91 Å². The minimum atomic E-state index is -0.549. The molecule has 0 radical (unpaired) electrons. The molecule has 0 unspecified atom stereocenters. The highest BCUT2D eigenvalue weighted by atomic mass is 79.9. The van der Waals surface area contributed by atoms with Crippen LogP contribution in [0.4, 0.5) is 10.1 Å². The van der Waals surface area contributed by atoms with Crippen LogP contribution in [0.25, 0.3) is 0 Å². The number of halogens is 2. The van der Waals surface area contributed by atoms with Crippen LogP contribution < -0.4 is 5.32 Å². The molecule has 0 spiro atoms. The van der Waals surface area contributed by atoms with Gasteiger partial charge >= 0.3 is 0 Å². The average Bonchev–Trinajstić information content (AvgIpc) is 2.99. The summed E-state index contributed by atoms with van der Waals surface area (Å²) in [6.45, 7) is 5.01. The van der Waals surface area contributed by atoms with Crippen LogP contribution in [-0.2, 0) is 16.0 Å². The van der Waals surface area contributed by atoms with Crippen molar-refractivity contribution in [3.8, 4) is 0 Å². The van der Waals surface area contributed by atoms with Crippen molar-refractivity contribution in [3.05, 3.63) is 40.4 Å². The first-order valence-corrected chi connectivity index (χ1v) is 8.22. The Morgan fingerprint density at radius 1 is 1.38 bits per heavy atom. The van der Waals surface area contributed by atoms with Gasteiger partial charge in [0.15, 0.2) is 12.0 Å². The van der Waals surface area contributed by atoms with E-state index in [0.717, 1.165) is 0 Å². The normalized spacial score (nSPS) is 11.0. The summed E-state index contributed by atoms with van der Waals surface area (Å²) in [6.07, 6.45) is 0.985. The molecule has 1 heterocycles. The van der Waals surface area contributed by atoms with E-state index in [1.807, 2.05) is 13.8 Å². The third kappa shape index (κ3) is 5.08. The lowest BCUT2D eigenvalue weighted by Gasteiger charge is -2.16. The second kappa shape index (κ2) is 8.86. The molecule has 1 N–H and O–H groups in total. The molecule has 2 aromatic rings. The van der Waals surface area contributed by atoms with Crippen molar-refractivity contribution in [2.45, 2.75) is 26.7 Å². The smallest absolute Gasteiger partial charge is 0.277 e. The molecule has 0 atom stereocenters. The predicted molar refractivity (Wildman–Crippen MR) is 89.1 cm³/mol. The molecule has 130 valence electrons. The quantitative estimate of drug-likeness (QED) is 0.689. The minimum absolute atomic E-state index is 0.0688. The fourth-order valence-electron chi connectivity index (χ4n) is 1.95. The van der Waals surface area contributed by atoms with Gasteiger partial charge in [0.05, 0.1) is 18.4 Å². The monoisotopic (exact) mass is 400 g/mol. The van der Waals surface area contributed by atoms with Crippen molar-refractivity contribution in [2.24, 2.45) is 0 Å². The third-order valence-corrected chi connectivity index (χ3v) is 3.49. The molecule has 0 bridgehead atoms. The highest BCUT2D eigenvalue weighted by Gasteiger charge is 2.16. The largest absolute Gasteiger partial charge is 0.351 e. The number of aromatic nitrogens is 3. The van der Waals surface area contributed by atoms with Gasteiger partial charge in [0, 0.05) is 17.7 Å². The summed E-state index contributed by atoms with van der Waals surface area (Å²) in [5, 5.41) is 10.1. The van der Waals surface area contributed by atoms with Gasteiger partial charge < -0.3 is 14.8 Å². The molecule has 0 saturated carbocycles.